The Bertz CT molecular complexity index is 1270. The van der Waals surface area contributed by atoms with Crippen molar-refractivity contribution in [3.8, 4) is 0 Å². The van der Waals surface area contributed by atoms with E-state index in [2.05, 4.69) is 36.3 Å². The van der Waals surface area contributed by atoms with Gasteiger partial charge in [0.15, 0.2) is 5.78 Å². The average Bonchev–Trinajstić information content (AvgIpc) is 3.16. The van der Waals surface area contributed by atoms with E-state index in [1.165, 1.54) is 0 Å². The molecule has 7 heteroatoms. The fraction of sp³-hybridized carbons (Fsp3) is 0.393. The number of piperidine rings is 1. The van der Waals surface area contributed by atoms with Crippen LogP contribution in [0.15, 0.2) is 75.5 Å². The van der Waals surface area contributed by atoms with Crippen molar-refractivity contribution in [3.05, 3.63) is 81.7 Å². The van der Waals surface area contributed by atoms with Crippen molar-refractivity contribution in [1.82, 2.24) is 9.21 Å². The molecular formula is C28H32N2O3S2. The van der Waals surface area contributed by atoms with E-state index in [1.54, 1.807) is 40.3 Å². The molecule has 5 nitrogen and oxygen atoms in total. The number of carbonyl (C=O) groups excluding carboxylic acids is 1. The number of hydrogen-bond donors (Lipinski definition) is 0. The van der Waals surface area contributed by atoms with Crippen LogP contribution in [0.3, 0.4) is 0 Å². The number of ketones is 1. The lowest BCUT2D eigenvalue weighted by Crippen LogP contribution is -2.42. The highest BCUT2D eigenvalue weighted by atomic mass is 32.2. The number of benzene rings is 2. The van der Waals surface area contributed by atoms with E-state index in [0.29, 0.717) is 36.9 Å². The number of nitrogens with zero attached hydrogens (tertiary/aromatic N) is 2. The summed E-state index contributed by atoms with van der Waals surface area (Å²) < 4.78 is 28.5. The van der Waals surface area contributed by atoms with Gasteiger partial charge in [-0.25, -0.2) is 8.42 Å². The highest BCUT2D eigenvalue weighted by molar-refractivity contribution is 8.06. The number of allylic oxidation sites excluding steroid dienone is 1. The van der Waals surface area contributed by atoms with Crippen LogP contribution in [-0.4, -0.2) is 43.0 Å². The van der Waals surface area contributed by atoms with Crippen molar-refractivity contribution in [3.63, 3.8) is 0 Å². The molecule has 0 aromatic heterocycles. The molecule has 3 aliphatic rings. The smallest absolute Gasteiger partial charge is 0.243 e. The molecule has 3 heterocycles. The second kappa shape index (κ2) is 9.96. The van der Waals surface area contributed by atoms with E-state index >= 15 is 0 Å². The summed E-state index contributed by atoms with van der Waals surface area (Å²) >= 11 is 1.60. The monoisotopic (exact) mass is 508 g/mol. The fourth-order valence-corrected chi connectivity index (χ4v) is 8.32. The molecule has 2 atom stereocenters. The summed E-state index contributed by atoms with van der Waals surface area (Å²) in [6.45, 7) is 6.13. The first-order valence-electron chi connectivity index (χ1n) is 12.4. The number of thioether (sulfide) groups is 1. The second-order valence-corrected chi connectivity index (χ2v) is 12.8. The molecule has 2 aromatic rings. The van der Waals surface area contributed by atoms with Crippen molar-refractivity contribution in [2.45, 2.75) is 44.4 Å². The number of rotatable bonds is 5. The van der Waals surface area contributed by atoms with Gasteiger partial charge in [0.1, 0.15) is 0 Å². The number of hydrogen-bond acceptors (Lipinski definition) is 5. The topological polar surface area (TPSA) is 57.7 Å². The van der Waals surface area contributed by atoms with E-state index in [4.69, 9.17) is 0 Å². The Morgan fingerprint density at radius 2 is 1.71 bits per heavy atom. The summed E-state index contributed by atoms with van der Waals surface area (Å²) in [6, 6.07) is 16.9. The van der Waals surface area contributed by atoms with E-state index in [-0.39, 0.29) is 10.7 Å². The first-order chi connectivity index (χ1) is 16.8. The molecule has 3 aliphatic heterocycles. The van der Waals surface area contributed by atoms with E-state index in [0.717, 1.165) is 47.7 Å². The lowest BCUT2D eigenvalue weighted by Gasteiger charge is -2.34. The van der Waals surface area contributed by atoms with Gasteiger partial charge in [0.25, 0.3) is 0 Å². The van der Waals surface area contributed by atoms with Crippen molar-refractivity contribution in [2.75, 3.05) is 19.6 Å². The first kappa shape index (κ1) is 24.3. The highest BCUT2D eigenvalue weighted by Crippen LogP contribution is 2.44. The molecule has 2 aromatic carbocycles. The molecule has 0 saturated carbocycles. The zero-order chi connectivity index (χ0) is 24.6. The lowest BCUT2D eigenvalue weighted by atomic mass is 9.94. The van der Waals surface area contributed by atoms with Crippen molar-refractivity contribution in [1.29, 1.82) is 0 Å². The molecule has 5 rings (SSSR count). The molecule has 0 unspecified atom stereocenters. The Morgan fingerprint density at radius 1 is 0.971 bits per heavy atom. The third kappa shape index (κ3) is 4.86. The van der Waals surface area contributed by atoms with Gasteiger partial charge in [0.2, 0.25) is 10.0 Å². The molecule has 0 aliphatic carbocycles. The zero-order valence-corrected chi connectivity index (χ0v) is 21.9. The van der Waals surface area contributed by atoms with Crippen LogP contribution in [0.5, 0.6) is 0 Å². The molecule has 1 fully saturated rings. The van der Waals surface area contributed by atoms with Gasteiger partial charge in [0, 0.05) is 36.2 Å². The summed E-state index contributed by atoms with van der Waals surface area (Å²) in [4.78, 5) is 16.2. The number of carbonyl (C=O) groups is 1. The Balaban J connectivity index is 1.45. The highest BCUT2D eigenvalue weighted by Gasteiger charge is 2.33. The van der Waals surface area contributed by atoms with Gasteiger partial charge in [-0.15, -0.1) is 0 Å². The number of fused-ring (bicyclic) bond motifs is 1. The minimum atomic E-state index is -3.64. The zero-order valence-electron chi connectivity index (χ0n) is 20.3. The molecule has 0 spiro atoms. The predicted octanol–water partition coefficient (Wildman–Crippen LogP) is 5.98. The average molecular weight is 509 g/mol. The van der Waals surface area contributed by atoms with Crippen LogP contribution in [0.1, 0.15) is 55.5 Å². The Hall–Kier alpha value is -2.35. The van der Waals surface area contributed by atoms with E-state index in [1.807, 2.05) is 18.2 Å². The van der Waals surface area contributed by atoms with Crippen LogP contribution in [0.4, 0.5) is 0 Å². The van der Waals surface area contributed by atoms with Crippen molar-refractivity contribution >= 4 is 33.3 Å². The molecule has 0 bridgehead atoms. The van der Waals surface area contributed by atoms with Gasteiger partial charge >= 0.3 is 0 Å². The molecule has 0 N–H and O–H groups in total. The van der Waals surface area contributed by atoms with Crippen LogP contribution in [0.2, 0.25) is 0 Å². The van der Waals surface area contributed by atoms with Gasteiger partial charge in [-0.05, 0) is 55.2 Å². The maximum Gasteiger partial charge on any atom is 0.243 e. The molecule has 0 amide bonds. The standard InChI is InChI=1S/C28H32N2O3S2/c1-20-15-21(2)18-29(17-20)35(32,33)24-12-8-11-23(16-24)27(31)25-13-6-7-14-30-26(19-34-28(25)30)22-9-4-3-5-10-22/h3-5,8-12,16,19-21H,6-7,13-15,17-18H2,1-2H3/t20-,21+. The van der Waals surface area contributed by atoms with Crippen LogP contribution < -0.4 is 0 Å². The van der Waals surface area contributed by atoms with Crippen LogP contribution in [0.25, 0.3) is 5.70 Å². The summed E-state index contributed by atoms with van der Waals surface area (Å²) in [5.74, 6) is 0.584. The minimum Gasteiger partial charge on any atom is -0.335 e. The van der Waals surface area contributed by atoms with Gasteiger partial charge in [-0.2, -0.15) is 4.31 Å². The van der Waals surface area contributed by atoms with E-state index in [9.17, 15) is 13.2 Å². The van der Waals surface area contributed by atoms with Crippen LogP contribution >= 0.6 is 11.8 Å². The SMILES string of the molecule is C[C@@H]1C[C@H](C)CN(S(=O)(=O)c2cccc(C(=O)C3=C4SC=C(c5ccccc5)N4CCCC3)c2)C1. The van der Waals surface area contributed by atoms with E-state index < -0.39 is 10.0 Å². The third-order valence-electron chi connectivity index (χ3n) is 7.05. The third-order valence-corrected chi connectivity index (χ3v) is 9.91. The maximum absolute atomic E-state index is 13.8. The summed E-state index contributed by atoms with van der Waals surface area (Å²) in [5, 5.41) is 3.11. The Morgan fingerprint density at radius 3 is 2.46 bits per heavy atom. The summed E-state index contributed by atoms with van der Waals surface area (Å²) in [7, 11) is -3.64. The predicted molar refractivity (Wildman–Crippen MR) is 142 cm³/mol. The molecule has 0 radical (unpaired) electrons. The quantitative estimate of drug-likeness (QED) is 0.465. The largest absolute Gasteiger partial charge is 0.335 e. The maximum atomic E-state index is 13.8. The molecular weight excluding hydrogens is 476 g/mol. The van der Waals surface area contributed by atoms with Crippen LogP contribution in [-0.2, 0) is 10.0 Å². The van der Waals surface area contributed by atoms with Crippen molar-refractivity contribution < 1.29 is 13.2 Å². The molecule has 1 saturated heterocycles. The minimum absolute atomic E-state index is 0.0699. The van der Waals surface area contributed by atoms with Gasteiger partial charge in [0.05, 0.1) is 15.6 Å². The van der Waals surface area contributed by atoms with Gasteiger partial charge in [-0.3, -0.25) is 4.79 Å². The Labute approximate surface area is 212 Å². The normalized spacial score (nSPS) is 23.6. The Kier molecular flexibility index (Phi) is 6.93. The van der Waals surface area contributed by atoms with Crippen LogP contribution in [0, 0.1) is 11.8 Å². The van der Waals surface area contributed by atoms with Crippen molar-refractivity contribution in [2.24, 2.45) is 11.8 Å². The second-order valence-electron chi connectivity index (χ2n) is 10.0. The molecule has 184 valence electrons. The fourth-order valence-electron chi connectivity index (χ4n) is 5.45. The first-order valence-corrected chi connectivity index (χ1v) is 14.7. The molecule has 35 heavy (non-hydrogen) atoms. The summed E-state index contributed by atoms with van der Waals surface area (Å²) in [6.07, 6.45) is 3.68. The lowest BCUT2D eigenvalue weighted by molar-refractivity contribution is 0.102. The summed E-state index contributed by atoms with van der Waals surface area (Å²) in [5.41, 5.74) is 3.50. The van der Waals surface area contributed by atoms with Gasteiger partial charge in [-0.1, -0.05) is 68.1 Å². The van der Waals surface area contributed by atoms with Gasteiger partial charge < -0.3 is 4.90 Å². The number of Topliss-reactive ketones (excluding diaryl/α,β-unsaturated/α-hetero) is 1. The number of sulfonamides is 1.